The van der Waals surface area contributed by atoms with Crippen LogP contribution in [0.4, 0.5) is 11.6 Å². The molecule has 1 aromatic rings. The minimum absolute atomic E-state index is 0.641. The SMILES string of the molecule is CNc1ncnc(N2CCC3CCCCC32)c1OC. The van der Waals surface area contributed by atoms with Crippen LogP contribution in [-0.4, -0.2) is 36.7 Å². The maximum Gasteiger partial charge on any atom is 0.204 e. The van der Waals surface area contributed by atoms with Gasteiger partial charge in [0.15, 0.2) is 11.6 Å². The van der Waals surface area contributed by atoms with Crippen LogP contribution in [0, 0.1) is 5.92 Å². The lowest BCUT2D eigenvalue weighted by atomic mass is 9.85. The van der Waals surface area contributed by atoms with Crippen LogP contribution in [0.5, 0.6) is 5.75 Å². The first-order valence-corrected chi connectivity index (χ1v) is 7.18. The van der Waals surface area contributed by atoms with Gasteiger partial charge in [0.1, 0.15) is 6.33 Å². The first kappa shape index (κ1) is 12.5. The van der Waals surface area contributed by atoms with Gasteiger partial charge < -0.3 is 15.0 Å². The van der Waals surface area contributed by atoms with Gasteiger partial charge in [-0.1, -0.05) is 12.8 Å². The number of rotatable bonds is 3. The number of ether oxygens (including phenoxy) is 1. The summed E-state index contributed by atoms with van der Waals surface area (Å²) in [5, 5.41) is 3.08. The van der Waals surface area contributed by atoms with E-state index < -0.39 is 0 Å². The topological polar surface area (TPSA) is 50.3 Å². The van der Waals surface area contributed by atoms with Crippen molar-refractivity contribution in [1.29, 1.82) is 0 Å². The van der Waals surface area contributed by atoms with Crippen molar-refractivity contribution < 1.29 is 4.74 Å². The molecule has 1 aromatic heterocycles. The van der Waals surface area contributed by atoms with E-state index >= 15 is 0 Å². The van der Waals surface area contributed by atoms with Crippen molar-refractivity contribution in [3.8, 4) is 5.75 Å². The highest BCUT2D eigenvalue weighted by molar-refractivity contribution is 5.65. The normalized spacial score (nSPS) is 26.1. The molecule has 5 heteroatoms. The Morgan fingerprint density at radius 1 is 1.26 bits per heavy atom. The summed E-state index contributed by atoms with van der Waals surface area (Å²) in [6.45, 7) is 1.09. The summed E-state index contributed by atoms with van der Waals surface area (Å²) < 4.78 is 5.53. The van der Waals surface area contributed by atoms with E-state index in [9.17, 15) is 0 Å². The Morgan fingerprint density at radius 2 is 2.11 bits per heavy atom. The fourth-order valence-corrected chi connectivity index (χ4v) is 3.60. The molecule has 19 heavy (non-hydrogen) atoms. The van der Waals surface area contributed by atoms with E-state index in [4.69, 9.17) is 4.74 Å². The van der Waals surface area contributed by atoms with Crippen molar-refractivity contribution in [2.75, 3.05) is 30.9 Å². The van der Waals surface area contributed by atoms with Gasteiger partial charge in [-0.15, -0.1) is 0 Å². The fraction of sp³-hybridized carbons (Fsp3) is 0.714. The highest BCUT2D eigenvalue weighted by atomic mass is 16.5. The van der Waals surface area contributed by atoms with Crippen molar-refractivity contribution in [1.82, 2.24) is 9.97 Å². The zero-order chi connectivity index (χ0) is 13.2. The molecule has 0 spiro atoms. The van der Waals surface area contributed by atoms with Gasteiger partial charge >= 0.3 is 0 Å². The molecule has 2 atom stereocenters. The quantitative estimate of drug-likeness (QED) is 0.905. The van der Waals surface area contributed by atoms with E-state index in [1.54, 1.807) is 13.4 Å². The largest absolute Gasteiger partial charge is 0.490 e. The molecule has 1 N–H and O–H groups in total. The van der Waals surface area contributed by atoms with Crippen molar-refractivity contribution in [2.45, 2.75) is 38.1 Å². The van der Waals surface area contributed by atoms with E-state index in [1.165, 1.54) is 32.1 Å². The molecule has 1 saturated heterocycles. The number of hydrogen-bond donors (Lipinski definition) is 1. The Kier molecular flexibility index (Phi) is 3.44. The molecule has 0 bridgehead atoms. The first-order valence-electron chi connectivity index (χ1n) is 7.18. The van der Waals surface area contributed by atoms with Crippen LogP contribution < -0.4 is 15.0 Å². The summed E-state index contributed by atoms with van der Waals surface area (Å²) in [4.78, 5) is 11.1. The van der Waals surface area contributed by atoms with Gasteiger partial charge in [-0.3, -0.25) is 0 Å². The number of nitrogens with one attached hydrogen (secondary N) is 1. The molecule has 2 heterocycles. The van der Waals surface area contributed by atoms with Crippen molar-refractivity contribution in [3.05, 3.63) is 6.33 Å². The molecule has 5 nitrogen and oxygen atoms in total. The molecule has 3 rings (SSSR count). The van der Waals surface area contributed by atoms with Gasteiger partial charge in [0.2, 0.25) is 5.75 Å². The second-order valence-corrected chi connectivity index (χ2v) is 5.42. The van der Waals surface area contributed by atoms with E-state index in [-0.39, 0.29) is 0 Å². The Hall–Kier alpha value is -1.52. The minimum Gasteiger partial charge on any atom is -0.490 e. The van der Waals surface area contributed by atoms with E-state index in [2.05, 4.69) is 20.2 Å². The predicted molar refractivity (Wildman–Crippen MR) is 75.8 cm³/mol. The number of fused-ring (bicyclic) bond motifs is 1. The maximum absolute atomic E-state index is 5.53. The molecule has 104 valence electrons. The number of anilines is 2. The molecule has 2 fully saturated rings. The molecule has 1 saturated carbocycles. The summed E-state index contributed by atoms with van der Waals surface area (Å²) >= 11 is 0. The standard InChI is InChI=1S/C14H22N4O/c1-15-13-12(19-2)14(17-9-16-13)18-8-7-10-5-3-4-6-11(10)18/h9-11H,3-8H2,1-2H3,(H,15,16,17). The van der Waals surface area contributed by atoms with Gasteiger partial charge in [-0.25, -0.2) is 9.97 Å². The molecule has 0 aromatic carbocycles. The molecule has 1 aliphatic carbocycles. The zero-order valence-corrected chi connectivity index (χ0v) is 11.7. The van der Waals surface area contributed by atoms with Crippen LogP contribution in [0.3, 0.4) is 0 Å². The average molecular weight is 262 g/mol. The lowest BCUT2D eigenvalue weighted by molar-refractivity contribution is 0.339. The lowest BCUT2D eigenvalue weighted by Gasteiger charge is -2.33. The van der Waals surface area contributed by atoms with Crippen molar-refractivity contribution in [2.24, 2.45) is 5.92 Å². The lowest BCUT2D eigenvalue weighted by Crippen LogP contribution is -2.35. The van der Waals surface area contributed by atoms with Crippen LogP contribution >= 0.6 is 0 Å². The Morgan fingerprint density at radius 3 is 2.89 bits per heavy atom. The smallest absolute Gasteiger partial charge is 0.204 e. The summed E-state index contributed by atoms with van der Waals surface area (Å²) in [6, 6.07) is 0.641. The van der Waals surface area contributed by atoms with E-state index in [1.807, 2.05) is 7.05 Å². The number of nitrogens with zero attached hydrogens (tertiary/aromatic N) is 3. The summed E-state index contributed by atoms with van der Waals surface area (Å²) in [7, 11) is 3.56. The molecule has 1 aliphatic heterocycles. The molecular weight excluding hydrogens is 240 g/mol. The fourth-order valence-electron chi connectivity index (χ4n) is 3.60. The second kappa shape index (κ2) is 5.23. The van der Waals surface area contributed by atoms with Crippen LogP contribution in [0.1, 0.15) is 32.1 Å². The monoisotopic (exact) mass is 262 g/mol. The van der Waals surface area contributed by atoms with E-state index in [0.717, 1.165) is 29.8 Å². The third-order valence-corrected chi connectivity index (χ3v) is 4.51. The first-order chi connectivity index (χ1) is 9.35. The summed E-state index contributed by atoms with van der Waals surface area (Å²) in [5.41, 5.74) is 0. The predicted octanol–water partition coefficient (Wildman–Crippen LogP) is 2.30. The second-order valence-electron chi connectivity index (χ2n) is 5.42. The Balaban J connectivity index is 1.93. The third kappa shape index (κ3) is 2.11. The van der Waals surface area contributed by atoms with Gasteiger partial charge in [0.05, 0.1) is 7.11 Å². The van der Waals surface area contributed by atoms with E-state index in [0.29, 0.717) is 6.04 Å². The highest BCUT2D eigenvalue weighted by Gasteiger charge is 2.37. The highest BCUT2D eigenvalue weighted by Crippen LogP contribution is 2.42. The van der Waals surface area contributed by atoms with Crippen LogP contribution in [0.2, 0.25) is 0 Å². The third-order valence-electron chi connectivity index (χ3n) is 4.51. The summed E-state index contributed by atoms with van der Waals surface area (Å²) in [6.07, 6.45) is 8.29. The number of aromatic nitrogens is 2. The maximum atomic E-state index is 5.53. The zero-order valence-electron chi connectivity index (χ0n) is 11.7. The van der Waals surface area contributed by atoms with Crippen molar-refractivity contribution >= 4 is 11.6 Å². The molecular formula is C14H22N4O. The minimum atomic E-state index is 0.641. The Labute approximate surface area is 114 Å². The molecule has 2 unspecified atom stereocenters. The molecule has 2 aliphatic rings. The Bertz CT molecular complexity index is 451. The van der Waals surface area contributed by atoms with Crippen LogP contribution in [-0.2, 0) is 0 Å². The van der Waals surface area contributed by atoms with Crippen LogP contribution in [0.15, 0.2) is 6.33 Å². The van der Waals surface area contributed by atoms with Gasteiger partial charge in [0.25, 0.3) is 0 Å². The molecule has 0 amide bonds. The van der Waals surface area contributed by atoms with Crippen LogP contribution in [0.25, 0.3) is 0 Å². The molecule has 0 radical (unpaired) electrons. The van der Waals surface area contributed by atoms with Crippen molar-refractivity contribution in [3.63, 3.8) is 0 Å². The van der Waals surface area contributed by atoms with Gasteiger partial charge in [0, 0.05) is 19.6 Å². The number of hydrogen-bond acceptors (Lipinski definition) is 5. The van der Waals surface area contributed by atoms with Gasteiger partial charge in [-0.2, -0.15) is 0 Å². The number of methoxy groups -OCH3 is 1. The van der Waals surface area contributed by atoms with Gasteiger partial charge in [-0.05, 0) is 25.2 Å². The summed E-state index contributed by atoms with van der Waals surface area (Å²) in [5.74, 6) is 3.34. The average Bonchev–Trinajstić information content (AvgIpc) is 2.90.